The molecule has 1 aromatic heterocycles. The van der Waals surface area contributed by atoms with E-state index in [1.165, 1.54) is 12.1 Å². The van der Waals surface area contributed by atoms with Crippen molar-refractivity contribution < 1.29 is 29.2 Å². The zero-order valence-electron chi connectivity index (χ0n) is 11.8. The number of aryl methyl sites for hydroxylation is 1. The van der Waals surface area contributed by atoms with Gasteiger partial charge in [0.1, 0.15) is 29.6 Å². The van der Waals surface area contributed by atoms with Gasteiger partial charge in [0.15, 0.2) is 0 Å². The highest BCUT2D eigenvalue weighted by Crippen LogP contribution is 2.25. The number of benzene rings is 1. The van der Waals surface area contributed by atoms with Crippen LogP contribution in [0.1, 0.15) is 5.56 Å². The zero-order valence-corrected chi connectivity index (χ0v) is 11.8. The molecule has 0 radical (unpaired) electrons. The Balaban J connectivity index is 1.87. The standard InChI is InChI=1S/C15H16O7/c1-7-4-12(17)22-11-5-8(2-3-9(7)11)21-15-14(19)13(18)10(16)6-20-15/h2-5,10,13-16,18-19H,6H2,1H3/t10-,13-,14+,15+/m1/s1. The molecule has 0 unspecified atom stereocenters. The Morgan fingerprint density at radius 3 is 2.73 bits per heavy atom. The minimum atomic E-state index is -1.39. The fourth-order valence-electron chi connectivity index (χ4n) is 2.40. The number of ether oxygens (including phenoxy) is 2. The quantitative estimate of drug-likeness (QED) is 0.666. The average Bonchev–Trinajstić information content (AvgIpc) is 2.47. The van der Waals surface area contributed by atoms with Gasteiger partial charge in [-0.25, -0.2) is 4.79 Å². The van der Waals surface area contributed by atoms with E-state index in [2.05, 4.69) is 0 Å². The maximum absolute atomic E-state index is 11.4. The topological polar surface area (TPSA) is 109 Å². The first-order chi connectivity index (χ1) is 10.5. The van der Waals surface area contributed by atoms with Crippen LogP contribution < -0.4 is 10.4 Å². The minimum Gasteiger partial charge on any atom is -0.462 e. The van der Waals surface area contributed by atoms with Gasteiger partial charge in [0, 0.05) is 17.5 Å². The van der Waals surface area contributed by atoms with Crippen molar-refractivity contribution in [1.82, 2.24) is 0 Å². The first-order valence-corrected chi connectivity index (χ1v) is 6.82. The number of hydrogen-bond donors (Lipinski definition) is 3. The second kappa shape index (κ2) is 5.69. The largest absolute Gasteiger partial charge is 0.462 e. The first kappa shape index (κ1) is 15.0. The molecule has 0 aliphatic carbocycles. The van der Waals surface area contributed by atoms with Gasteiger partial charge in [-0.2, -0.15) is 0 Å². The van der Waals surface area contributed by atoms with Gasteiger partial charge in [0.2, 0.25) is 6.29 Å². The zero-order chi connectivity index (χ0) is 15.9. The van der Waals surface area contributed by atoms with E-state index in [-0.39, 0.29) is 6.61 Å². The molecule has 0 saturated carbocycles. The Morgan fingerprint density at radius 2 is 1.95 bits per heavy atom. The van der Waals surface area contributed by atoms with Crippen molar-refractivity contribution in [3.8, 4) is 5.75 Å². The number of fused-ring (bicyclic) bond motifs is 1. The molecule has 1 saturated heterocycles. The first-order valence-electron chi connectivity index (χ1n) is 6.82. The van der Waals surface area contributed by atoms with Gasteiger partial charge in [-0.05, 0) is 24.6 Å². The highest BCUT2D eigenvalue weighted by molar-refractivity contribution is 5.81. The molecule has 0 amide bonds. The van der Waals surface area contributed by atoms with Gasteiger partial charge in [-0.1, -0.05) is 0 Å². The summed E-state index contributed by atoms with van der Waals surface area (Å²) in [7, 11) is 0. The van der Waals surface area contributed by atoms with Crippen molar-refractivity contribution in [2.75, 3.05) is 6.61 Å². The average molecular weight is 308 g/mol. The minimum absolute atomic E-state index is 0.148. The maximum atomic E-state index is 11.4. The Kier molecular flexibility index (Phi) is 3.88. The third-order valence-electron chi connectivity index (χ3n) is 3.63. The van der Waals surface area contributed by atoms with E-state index < -0.39 is 30.2 Å². The van der Waals surface area contributed by atoms with E-state index in [0.717, 1.165) is 10.9 Å². The lowest BCUT2D eigenvalue weighted by atomic mass is 10.1. The van der Waals surface area contributed by atoms with E-state index in [0.29, 0.717) is 11.3 Å². The lowest BCUT2D eigenvalue weighted by molar-refractivity contribution is -0.242. The smallest absolute Gasteiger partial charge is 0.336 e. The molecule has 118 valence electrons. The van der Waals surface area contributed by atoms with Crippen molar-refractivity contribution in [3.05, 3.63) is 40.2 Å². The Labute approximate surface area is 125 Å². The van der Waals surface area contributed by atoms with Crippen LogP contribution in [0.5, 0.6) is 5.75 Å². The summed E-state index contributed by atoms with van der Waals surface area (Å²) in [5.74, 6) is 0.314. The van der Waals surface area contributed by atoms with Crippen molar-refractivity contribution in [2.45, 2.75) is 31.5 Å². The molecule has 1 aromatic carbocycles. The van der Waals surface area contributed by atoms with Crippen LogP contribution in [0.2, 0.25) is 0 Å². The Bertz CT molecular complexity index is 738. The number of rotatable bonds is 2. The molecule has 2 heterocycles. The highest BCUT2D eigenvalue weighted by atomic mass is 16.7. The summed E-state index contributed by atoms with van der Waals surface area (Å²) in [5, 5.41) is 29.6. The van der Waals surface area contributed by atoms with Gasteiger partial charge >= 0.3 is 5.63 Å². The molecular weight excluding hydrogens is 292 g/mol. The van der Waals surface area contributed by atoms with Crippen LogP contribution in [0.4, 0.5) is 0 Å². The molecule has 3 N–H and O–H groups in total. The normalized spacial score (nSPS) is 28.7. The SMILES string of the molecule is Cc1cc(=O)oc2cc(O[C@@H]3OC[C@@H](O)[C@@H](O)[C@@H]3O)ccc12. The molecule has 2 aromatic rings. The van der Waals surface area contributed by atoms with Crippen LogP contribution in [-0.4, -0.2) is 46.5 Å². The highest BCUT2D eigenvalue weighted by Gasteiger charge is 2.39. The number of aliphatic hydroxyl groups excluding tert-OH is 3. The third kappa shape index (κ3) is 2.71. The van der Waals surface area contributed by atoms with Crippen molar-refractivity contribution in [2.24, 2.45) is 0 Å². The second-order valence-corrected chi connectivity index (χ2v) is 5.27. The van der Waals surface area contributed by atoms with E-state index in [9.17, 15) is 20.1 Å². The van der Waals surface area contributed by atoms with Crippen LogP contribution in [0.3, 0.4) is 0 Å². The Hall–Kier alpha value is -1.93. The summed E-state index contributed by atoms with van der Waals surface area (Å²) < 4.78 is 15.7. The fraction of sp³-hybridized carbons (Fsp3) is 0.400. The van der Waals surface area contributed by atoms with E-state index in [1.54, 1.807) is 19.1 Å². The summed E-state index contributed by atoms with van der Waals surface area (Å²) in [4.78, 5) is 11.4. The molecule has 22 heavy (non-hydrogen) atoms. The van der Waals surface area contributed by atoms with E-state index in [1.807, 2.05) is 0 Å². The number of hydrogen-bond acceptors (Lipinski definition) is 7. The third-order valence-corrected chi connectivity index (χ3v) is 3.63. The van der Waals surface area contributed by atoms with E-state index >= 15 is 0 Å². The summed E-state index contributed by atoms with van der Waals surface area (Å²) in [6.45, 7) is 1.65. The molecule has 0 bridgehead atoms. The molecule has 1 aliphatic heterocycles. The van der Waals surface area contributed by atoms with Crippen molar-refractivity contribution in [3.63, 3.8) is 0 Å². The van der Waals surface area contributed by atoms with Crippen LogP contribution >= 0.6 is 0 Å². The summed E-state index contributed by atoms with van der Waals surface area (Å²) >= 11 is 0. The van der Waals surface area contributed by atoms with Crippen molar-refractivity contribution in [1.29, 1.82) is 0 Å². The second-order valence-electron chi connectivity index (χ2n) is 5.27. The summed E-state index contributed by atoms with van der Waals surface area (Å²) in [5.41, 5.74) is 0.674. The molecule has 7 heteroatoms. The van der Waals surface area contributed by atoms with Crippen LogP contribution in [-0.2, 0) is 4.74 Å². The van der Waals surface area contributed by atoms with Crippen LogP contribution in [0.15, 0.2) is 33.5 Å². The lowest BCUT2D eigenvalue weighted by Crippen LogP contribution is -2.54. The molecular formula is C15H16O7. The fourth-order valence-corrected chi connectivity index (χ4v) is 2.40. The lowest BCUT2D eigenvalue weighted by Gasteiger charge is -2.34. The molecule has 4 atom stereocenters. The van der Waals surface area contributed by atoms with Gasteiger partial charge < -0.3 is 29.2 Å². The van der Waals surface area contributed by atoms with Crippen molar-refractivity contribution >= 4 is 11.0 Å². The molecule has 3 rings (SSSR count). The maximum Gasteiger partial charge on any atom is 0.336 e. The summed E-state index contributed by atoms with van der Waals surface area (Å²) in [6, 6.07) is 6.28. The molecule has 1 aliphatic rings. The predicted octanol–water partition coefficient (Wildman–Crippen LogP) is -0.0808. The number of aliphatic hydroxyl groups is 3. The van der Waals surface area contributed by atoms with Gasteiger partial charge in [0.05, 0.1) is 6.61 Å². The van der Waals surface area contributed by atoms with E-state index in [4.69, 9.17) is 13.9 Å². The molecule has 7 nitrogen and oxygen atoms in total. The van der Waals surface area contributed by atoms with Gasteiger partial charge in [0.25, 0.3) is 0 Å². The summed E-state index contributed by atoms with van der Waals surface area (Å²) in [6.07, 6.45) is -5.01. The predicted molar refractivity (Wildman–Crippen MR) is 75.6 cm³/mol. The monoisotopic (exact) mass is 308 g/mol. The Morgan fingerprint density at radius 1 is 1.18 bits per heavy atom. The van der Waals surface area contributed by atoms with Crippen LogP contribution in [0, 0.1) is 6.92 Å². The van der Waals surface area contributed by atoms with Gasteiger partial charge in [-0.15, -0.1) is 0 Å². The van der Waals surface area contributed by atoms with Gasteiger partial charge in [-0.3, -0.25) is 0 Å². The van der Waals surface area contributed by atoms with Crippen LogP contribution in [0.25, 0.3) is 11.0 Å². The molecule has 0 spiro atoms. The molecule has 1 fully saturated rings.